The molecular weight excluding hydrogens is 350 g/mol. The minimum absolute atomic E-state index is 0.0475. The third-order valence-electron chi connectivity index (χ3n) is 4.28. The first kappa shape index (κ1) is 18.6. The lowest BCUT2D eigenvalue weighted by Gasteiger charge is -2.16. The predicted octanol–water partition coefficient (Wildman–Crippen LogP) is 3.50. The molecule has 1 fully saturated rings. The lowest BCUT2D eigenvalue weighted by molar-refractivity contribution is -0.138. The number of hydrogen-bond donors (Lipinski definition) is 2. The Morgan fingerprint density at radius 1 is 1.23 bits per heavy atom. The van der Waals surface area contributed by atoms with Gasteiger partial charge in [0, 0.05) is 5.75 Å². The molecule has 0 spiro atoms. The summed E-state index contributed by atoms with van der Waals surface area (Å²) < 4.78 is 11.3. The molecule has 2 N–H and O–H groups in total. The molecule has 3 rings (SSSR count). The zero-order chi connectivity index (χ0) is 18.4. The minimum Gasteiger partial charge on any atom is -0.493 e. The molecule has 0 aliphatic carbocycles. The summed E-state index contributed by atoms with van der Waals surface area (Å²) in [6, 6.07) is 15.6. The molecule has 2 aromatic carbocycles. The Morgan fingerprint density at radius 2 is 2.04 bits per heavy atom. The number of thioether (sulfide) groups is 1. The Hall–Kier alpha value is -2.18. The number of rotatable bonds is 8. The van der Waals surface area contributed by atoms with Gasteiger partial charge in [-0.25, -0.2) is 0 Å². The highest BCUT2D eigenvalue weighted by Gasteiger charge is 2.30. The molecule has 1 aliphatic heterocycles. The van der Waals surface area contributed by atoms with Crippen molar-refractivity contribution in [3.05, 3.63) is 59.7 Å². The largest absolute Gasteiger partial charge is 0.493 e. The second-order valence-electron chi connectivity index (χ2n) is 6.12. The fourth-order valence-electron chi connectivity index (χ4n) is 2.88. The van der Waals surface area contributed by atoms with Crippen molar-refractivity contribution in [2.45, 2.75) is 24.3 Å². The molecule has 26 heavy (non-hydrogen) atoms. The van der Waals surface area contributed by atoms with E-state index < -0.39 is 12.0 Å². The van der Waals surface area contributed by atoms with Crippen molar-refractivity contribution >= 4 is 17.7 Å². The number of benzene rings is 2. The van der Waals surface area contributed by atoms with Gasteiger partial charge in [0.25, 0.3) is 0 Å². The highest BCUT2D eigenvalue weighted by Crippen LogP contribution is 2.37. The summed E-state index contributed by atoms with van der Waals surface area (Å²) in [7, 11) is 1.62. The van der Waals surface area contributed by atoms with Crippen LogP contribution in [0.5, 0.6) is 11.5 Å². The average molecular weight is 373 g/mol. The number of ether oxygens (including phenoxy) is 2. The van der Waals surface area contributed by atoms with E-state index in [0.29, 0.717) is 23.9 Å². The van der Waals surface area contributed by atoms with E-state index in [1.165, 1.54) is 5.56 Å². The van der Waals surface area contributed by atoms with Gasteiger partial charge in [0.1, 0.15) is 6.04 Å². The molecule has 2 aromatic rings. The smallest absolute Gasteiger partial charge is 0.321 e. The highest BCUT2D eigenvalue weighted by atomic mass is 32.2. The van der Waals surface area contributed by atoms with Crippen LogP contribution < -0.4 is 14.8 Å². The molecule has 2 atom stereocenters. The number of aryl methyl sites for hydroxylation is 1. The molecule has 1 aliphatic rings. The fraction of sp³-hybridized carbons (Fsp3) is 0.350. The summed E-state index contributed by atoms with van der Waals surface area (Å²) in [5.41, 5.74) is 2.29. The summed E-state index contributed by atoms with van der Waals surface area (Å²) in [5.74, 6) is 1.12. The monoisotopic (exact) mass is 373 g/mol. The number of carboxylic acid groups (broad SMARTS) is 1. The van der Waals surface area contributed by atoms with Gasteiger partial charge >= 0.3 is 5.97 Å². The molecule has 6 heteroatoms. The summed E-state index contributed by atoms with van der Waals surface area (Å²) in [4.78, 5) is 11.1. The second-order valence-corrected chi connectivity index (χ2v) is 7.26. The summed E-state index contributed by atoms with van der Waals surface area (Å²) in [6.45, 7) is 0.595. The van der Waals surface area contributed by atoms with Crippen molar-refractivity contribution in [3.8, 4) is 11.5 Å². The zero-order valence-electron chi connectivity index (χ0n) is 14.7. The maximum atomic E-state index is 11.1. The average Bonchev–Trinajstić information content (AvgIpc) is 3.16. The maximum absolute atomic E-state index is 11.1. The zero-order valence-corrected chi connectivity index (χ0v) is 15.5. The van der Waals surface area contributed by atoms with Crippen LogP contribution in [0.2, 0.25) is 0 Å². The molecule has 0 amide bonds. The van der Waals surface area contributed by atoms with Crippen LogP contribution in [0.1, 0.15) is 22.9 Å². The first-order valence-corrected chi connectivity index (χ1v) is 9.67. The van der Waals surface area contributed by atoms with Crippen molar-refractivity contribution in [1.29, 1.82) is 0 Å². The van der Waals surface area contributed by atoms with Crippen molar-refractivity contribution < 1.29 is 19.4 Å². The van der Waals surface area contributed by atoms with Crippen LogP contribution in [0.3, 0.4) is 0 Å². The third-order valence-corrected chi connectivity index (χ3v) is 5.55. The van der Waals surface area contributed by atoms with Gasteiger partial charge in [-0.3, -0.25) is 10.1 Å². The first-order valence-electron chi connectivity index (χ1n) is 8.62. The number of carbonyl (C=O) groups is 1. The van der Waals surface area contributed by atoms with Crippen molar-refractivity contribution in [3.63, 3.8) is 0 Å². The summed E-state index contributed by atoms with van der Waals surface area (Å²) >= 11 is 1.59. The van der Waals surface area contributed by atoms with Crippen LogP contribution in [0.15, 0.2) is 48.5 Å². The van der Waals surface area contributed by atoms with Gasteiger partial charge in [-0.05, 0) is 36.1 Å². The van der Waals surface area contributed by atoms with Crippen molar-refractivity contribution in [2.75, 3.05) is 19.5 Å². The third kappa shape index (κ3) is 4.71. The standard InChI is InChI=1S/C20H23NO4S/c1-24-17-10-9-15(19-21-16(13-26-19)20(22)23)12-18(17)25-11-5-8-14-6-3-2-4-7-14/h2-4,6-7,9-10,12,16,19,21H,5,8,11,13H2,1H3,(H,22,23). The Kier molecular flexibility index (Phi) is 6.41. The van der Waals surface area contributed by atoms with Crippen LogP contribution in [0, 0.1) is 0 Å². The fourth-order valence-corrected chi connectivity index (χ4v) is 4.10. The molecule has 2 unspecified atom stereocenters. The Morgan fingerprint density at radius 3 is 2.73 bits per heavy atom. The highest BCUT2D eigenvalue weighted by molar-refractivity contribution is 7.99. The van der Waals surface area contributed by atoms with E-state index in [1.54, 1.807) is 18.9 Å². The summed E-state index contributed by atoms with van der Waals surface area (Å²) in [5, 5.41) is 12.2. The molecule has 5 nitrogen and oxygen atoms in total. The van der Waals surface area contributed by atoms with Gasteiger partial charge in [-0.2, -0.15) is 0 Å². The molecule has 0 saturated carbocycles. The van der Waals surface area contributed by atoms with E-state index in [9.17, 15) is 4.79 Å². The Bertz CT molecular complexity index is 738. The normalized spacial score (nSPS) is 19.3. The van der Waals surface area contributed by atoms with E-state index in [-0.39, 0.29) is 5.37 Å². The van der Waals surface area contributed by atoms with Crippen LogP contribution in [0.25, 0.3) is 0 Å². The van der Waals surface area contributed by atoms with Gasteiger partial charge in [-0.1, -0.05) is 36.4 Å². The molecule has 0 aromatic heterocycles. The van der Waals surface area contributed by atoms with Gasteiger partial charge in [0.2, 0.25) is 0 Å². The molecule has 138 valence electrons. The van der Waals surface area contributed by atoms with Crippen molar-refractivity contribution in [2.24, 2.45) is 0 Å². The lowest BCUT2D eigenvalue weighted by Crippen LogP contribution is -2.33. The van der Waals surface area contributed by atoms with E-state index in [2.05, 4.69) is 17.4 Å². The number of methoxy groups -OCH3 is 1. The Labute approximate surface area is 157 Å². The number of carboxylic acids is 1. The van der Waals surface area contributed by atoms with Crippen LogP contribution in [-0.2, 0) is 11.2 Å². The molecule has 0 bridgehead atoms. The first-order chi connectivity index (χ1) is 12.7. The molecular formula is C20H23NO4S. The Balaban J connectivity index is 1.60. The van der Waals surface area contributed by atoms with Crippen LogP contribution >= 0.6 is 11.8 Å². The molecule has 1 heterocycles. The minimum atomic E-state index is -0.814. The van der Waals surface area contributed by atoms with Crippen molar-refractivity contribution in [1.82, 2.24) is 5.32 Å². The van der Waals surface area contributed by atoms with Gasteiger partial charge in [0.05, 0.1) is 19.1 Å². The van der Waals surface area contributed by atoms with E-state index >= 15 is 0 Å². The van der Waals surface area contributed by atoms with E-state index in [0.717, 1.165) is 18.4 Å². The van der Waals surface area contributed by atoms with Gasteiger partial charge in [-0.15, -0.1) is 11.8 Å². The topological polar surface area (TPSA) is 67.8 Å². The maximum Gasteiger partial charge on any atom is 0.321 e. The lowest BCUT2D eigenvalue weighted by atomic mass is 10.1. The number of nitrogens with one attached hydrogen (secondary N) is 1. The van der Waals surface area contributed by atoms with Gasteiger partial charge < -0.3 is 14.6 Å². The van der Waals surface area contributed by atoms with E-state index in [4.69, 9.17) is 14.6 Å². The SMILES string of the molecule is COc1ccc(C2NC(C(=O)O)CS2)cc1OCCCc1ccccc1. The molecule has 0 radical (unpaired) electrons. The predicted molar refractivity (Wildman–Crippen MR) is 103 cm³/mol. The number of aliphatic carboxylic acids is 1. The van der Waals surface area contributed by atoms with E-state index in [1.807, 2.05) is 36.4 Å². The van der Waals surface area contributed by atoms with Crippen LogP contribution in [0.4, 0.5) is 0 Å². The second kappa shape index (κ2) is 8.96. The van der Waals surface area contributed by atoms with Crippen LogP contribution in [-0.4, -0.2) is 36.6 Å². The van der Waals surface area contributed by atoms with Gasteiger partial charge in [0.15, 0.2) is 11.5 Å². The quantitative estimate of drug-likeness (QED) is 0.691. The molecule has 1 saturated heterocycles. The number of hydrogen-bond acceptors (Lipinski definition) is 5. The summed E-state index contributed by atoms with van der Waals surface area (Å²) in [6.07, 6.45) is 1.87.